The van der Waals surface area contributed by atoms with Crippen molar-refractivity contribution in [2.75, 3.05) is 39.3 Å². The van der Waals surface area contributed by atoms with Crippen LogP contribution in [0.3, 0.4) is 0 Å². The average molecular weight is 946 g/mol. The Kier molecular flexibility index (Phi) is 18.9. The van der Waals surface area contributed by atoms with Crippen molar-refractivity contribution in [1.82, 2.24) is 14.7 Å². The molecule has 1 atom stereocenters. The van der Waals surface area contributed by atoms with Gasteiger partial charge in [0.1, 0.15) is 11.5 Å². The van der Waals surface area contributed by atoms with Crippen LogP contribution in [0.1, 0.15) is 116 Å². The van der Waals surface area contributed by atoms with Crippen molar-refractivity contribution in [3.63, 3.8) is 0 Å². The van der Waals surface area contributed by atoms with Gasteiger partial charge in [0.15, 0.2) is 0 Å². The van der Waals surface area contributed by atoms with Gasteiger partial charge < -0.3 is 0 Å². The van der Waals surface area contributed by atoms with Crippen molar-refractivity contribution in [2.24, 2.45) is 22.7 Å². The second-order valence-corrected chi connectivity index (χ2v) is 20.8. The van der Waals surface area contributed by atoms with E-state index in [4.69, 9.17) is 46.4 Å². The third-order valence-corrected chi connectivity index (χ3v) is 14.3. The minimum atomic E-state index is -4.31. The largest absolute Gasteiger partial charge is 0.416 e. The first-order chi connectivity index (χ1) is 28.9. The van der Waals surface area contributed by atoms with E-state index in [0.29, 0.717) is 57.9 Å². The molecule has 0 N–H and O–H groups in total. The summed E-state index contributed by atoms with van der Waals surface area (Å²) in [5, 5.41) is 1.94. The lowest BCUT2D eigenvalue weighted by Gasteiger charge is -2.58. The first-order valence-electron chi connectivity index (χ1n) is 21.8. The Labute approximate surface area is 388 Å². The second-order valence-electron chi connectivity index (χ2n) is 19.1. The summed E-state index contributed by atoms with van der Waals surface area (Å²) in [5.74, 6) is 0.370. The molecule has 344 valence electrons. The number of hydrogen-bond donors (Lipinski definition) is 0. The molecule has 3 aliphatic heterocycles. The minimum absolute atomic E-state index is 0.0647. The summed E-state index contributed by atoms with van der Waals surface area (Å²) < 4.78 is 65.5. The van der Waals surface area contributed by atoms with E-state index in [1.165, 1.54) is 23.8 Å². The van der Waals surface area contributed by atoms with Crippen LogP contribution in [0.15, 0.2) is 78.4 Å². The number of allylic oxidation sites excluding steroid dienone is 2. The molecule has 3 fully saturated rings. The molecule has 0 unspecified atom stereocenters. The van der Waals surface area contributed by atoms with Crippen LogP contribution in [-0.2, 0) is 19.3 Å². The fraction of sp³-hybridized carbons (Fsp3) is 0.560. The molecule has 0 bridgehead atoms. The molecule has 0 saturated carbocycles. The van der Waals surface area contributed by atoms with Gasteiger partial charge in [0.2, 0.25) is 0 Å². The SMILES string of the molecule is C/C=C\C(=C/C)[C@H](c1cc(Cl)cc(Cl)c1)N1CC(C)(C(C)(C)C)C1.CC(C)C1(F)CCN(Cc2ccc(F)c(Cl)c2)CC1.CC1CCN(Cc2cc(C(F)(F)F)ccc2Cl)CC1. The summed E-state index contributed by atoms with van der Waals surface area (Å²) in [6.07, 6.45) is 5.48. The van der Waals surface area contributed by atoms with Crippen LogP contribution in [0.2, 0.25) is 20.1 Å². The summed E-state index contributed by atoms with van der Waals surface area (Å²) >= 11 is 24.3. The Balaban J connectivity index is 0.000000206. The number of hydrogen-bond acceptors (Lipinski definition) is 3. The lowest BCUT2D eigenvalue weighted by Crippen LogP contribution is -2.61. The van der Waals surface area contributed by atoms with Crippen molar-refractivity contribution in [3.05, 3.63) is 127 Å². The van der Waals surface area contributed by atoms with Gasteiger partial charge in [0.25, 0.3) is 0 Å². The third-order valence-electron chi connectivity index (χ3n) is 13.2. The zero-order chi connectivity index (χ0) is 46.2. The van der Waals surface area contributed by atoms with Gasteiger partial charge >= 0.3 is 6.18 Å². The van der Waals surface area contributed by atoms with Crippen LogP contribution < -0.4 is 0 Å². The number of halogens is 9. The van der Waals surface area contributed by atoms with Gasteiger partial charge in [-0.2, -0.15) is 13.2 Å². The molecule has 0 spiro atoms. The maximum absolute atomic E-state index is 14.4. The highest BCUT2D eigenvalue weighted by Gasteiger charge is 2.49. The first kappa shape index (κ1) is 52.5. The molecule has 3 aromatic carbocycles. The molecule has 3 saturated heterocycles. The van der Waals surface area contributed by atoms with Crippen LogP contribution >= 0.6 is 46.4 Å². The van der Waals surface area contributed by atoms with Gasteiger partial charge in [-0.1, -0.05) is 119 Å². The quantitative estimate of drug-likeness (QED) is 0.156. The maximum Gasteiger partial charge on any atom is 0.416 e. The number of piperidine rings is 2. The van der Waals surface area contributed by atoms with E-state index in [1.54, 1.807) is 18.2 Å². The summed E-state index contributed by atoms with van der Waals surface area (Å²) in [7, 11) is 0. The number of alkyl halides is 4. The normalized spacial score (nSPS) is 19.7. The van der Waals surface area contributed by atoms with Crippen LogP contribution in [0.4, 0.5) is 22.0 Å². The van der Waals surface area contributed by atoms with E-state index in [1.807, 2.05) is 26.0 Å². The average Bonchev–Trinajstić information content (AvgIpc) is 3.17. The Bertz CT molecular complexity index is 1950. The standard InChI is InChI=1S/C21H29Cl2N.C15H20ClF2N.C14H17ClF3N/c1-7-9-15(8-2)19(16-10-17(22)12-18(23)11-16)24-13-21(6,14-24)20(3,4)5;1-11(2)15(18)5-7-19(8-6-15)10-12-3-4-14(17)13(16)9-12;1-10-4-6-19(7-5-10)9-11-8-12(14(16,17)18)2-3-13(11)15/h7-12,19H,13-14H2,1-6H3;3-4,9,11H,5-8,10H2,1-2H3;2-3,8,10H,4-7,9H2,1H3/b9-7-,15-8+;;/t19-;;/m1../s1. The van der Waals surface area contributed by atoms with Crippen LogP contribution in [0.5, 0.6) is 0 Å². The molecule has 12 heteroatoms. The van der Waals surface area contributed by atoms with E-state index in [0.717, 1.165) is 69.3 Å². The van der Waals surface area contributed by atoms with Gasteiger partial charge in [-0.05, 0) is 146 Å². The highest BCUT2D eigenvalue weighted by atomic mass is 35.5. The number of nitrogens with zero attached hydrogens (tertiary/aromatic N) is 3. The van der Waals surface area contributed by atoms with E-state index in [2.05, 4.69) is 81.4 Å². The predicted molar refractivity (Wildman–Crippen MR) is 252 cm³/mol. The lowest BCUT2D eigenvalue weighted by atomic mass is 9.62. The zero-order valence-corrected chi connectivity index (χ0v) is 40.9. The molecule has 3 aromatic rings. The third kappa shape index (κ3) is 14.4. The Morgan fingerprint density at radius 3 is 1.89 bits per heavy atom. The molecular formula is C50H66Cl4F5N3. The van der Waals surface area contributed by atoms with Gasteiger partial charge in [-0.3, -0.25) is 14.7 Å². The summed E-state index contributed by atoms with van der Waals surface area (Å²) in [6, 6.07) is 14.4. The molecule has 3 aliphatic rings. The molecule has 6 rings (SSSR count). The van der Waals surface area contributed by atoms with Crippen molar-refractivity contribution in [2.45, 2.75) is 119 Å². The lowest BCUT2D eigenvalue weighted by molar-refractivity contribution is -0.137. The molecule has 0 aromatic heterocycles. The van der Waals surface area contributed by atoms with Crippen molar-refractivity contribution in [3.8, 4) is 0 Å². The van der Waals surface area contributed by atoms with Gasteiger partial charge in [0, 0.05) is 54.3 Å². The Morgan fingerprint density at radius 1 is 0.806 bits per heavy atom. The highest BCUT2D eigenvalue weighted by molar-refractivity contribution is 6.34. The number of benzene rings is 3. The summed E-state index contributed by atoms with van der Waals surface area (Å²) in [5.41, 5.74) is 2.93. The van der Waals surface area contributed by atoms with Gasteiger partial charge in [-0.25, -0.2) is 8.78 Å². The number of rotatable bonds is 9. The molecule has 3 nitrogen and oxygen atoms in total. The van der Waals surface area contributed by atoms with Gasteiger partial charge in [-0.15, -0.1) is 0 Å². The summed E-state index contributed by atoms with van der Waals surface area (Å²) in [6.45, 7) is 26.3. The molecule has 62 heavy (non-hydrogen) atoms. The predicted octanol–water partition coefficient (Wildman–Crippen LogP) is 16.0. The molecule has 0 radical (unpaired) electrons. The second kappa shape index (κ2) is 22.3. The van der Waals surface area contributed by atoms with Crippen molar-refractivity contribution in [1.29, 1.82) is 0 Å². The topological polar surface area (TPSA) is 9.72 Å². The van der Waals surface area contributed by atoms with Gasteiger partial charge in [0.05, 0.1) is 16.6 Å². The molecule has 0 amide bonds. The zero-order valence-electron chi connectivity index (χ0n) is 37.9. The molecule has 3 heterocycles. The van der Waals surface area contributed by atoms with E-state index < -0.39 is 23.2 Å². The van der Waals surface area contributed by atoms with Crippen molar-refractivity contribution < 1.29 is 22.0 Å². The summed E-state index contributed by atoms with van der Waals surface area (Å²) in [4.78, 5) is 6.90. The van der Waals surface area contributed by atoms with Crippen LogP contribution in [0, 0.1) is 28.5 Å². The number of likely N-dealkylation sites (tertiary alicyclic amines) is 3. The monoisotopic (exact) mass is 943 g/mol. The highest BCUT2D eigenvalue weighted by Crippen LogP contribution is 2.50. The van der Waals surface area contributed by atoms with Crippen LogP contribution in [-0.4, -0.2) is 59.6 Å². The smallest absolute Gasteiger partial charge is 0.299 e. The van der Waals surface area contributed by atoms with E-state index in [9.17, 15) is 22.0 Å². The molecule has 0 aliphatic carbocycles. The van der Waals surface area contributed by atoms with E-state index in [-0.39, 0.29) is 22.4 Å². The van der Waals surface area contributed by atoms with Crippen LogP contribution in [0.25, 0.3) is 0 Å². The Hall–Kier alpha value is -2.17. The van der Waals surface area contributed by atoms with E-state index >= 15 is 0 Å². The fourth-order valence-corrected chi connectivity index (χ4v) is 9.20. The molecular weight excluding hydrogens is 879 g/mol. The minimum Gasteiger partial charge on any atom is -0.299 e. The van der Waals surface area contributed by atoms with Crippen molar-refractivity contribution >= 4 is 46.4 Å². The maximum atomic E-state index is 14.4. The fourth-order valence-electron chi connectivity index (χ4n) is 8.28. The first-order valence-corrected chi connectivity index (χ1v) is 23.3. The Morgan fingerprint density at radius 2 is 1.39 bits per heavy atom.